The number of carbonyl (C=O) groups is 2. The molecule has 0 aromatic carbocycles. The molecule has 1 fully saturated rings. The molecule has 6 nitrogen and oxygen atoms in total. The van der Waals surface area contributed by atoms with Crippen molar-refractivity contribution in [1.82, 2.24) is 20.4 Å². The Balaban J connectivity index is 2.33. The molecule has 0 spiro atoms. The molecular weight excluding hydrogens is 268 g/mol. The highest BCUT2D eigenvalue weighted by Crippen LogP contribution is 2.01. The summed E-state index contributed by atoms with van der Waals surface area (Å²) in [6, 6.07) is -0.288. The fourth-order valence-corrected chi connectivity index (χ4v) is 2.20. The predicted octanol–water partition coefficient (Wildman–Crippen LogP) is -0.0992. The Morgan fingerprint density at radius 3 is 2.43 bits per heavy atom. The molecule has 0 aromatic heterocycles. The molecule has 0 bridgehead atoms. The van der Waals surface area contributed by atoms with Crippen molar-refractivity contribution in [3.63, 3.8) is 0 Å². The zero-order chi connectivity index (χ0) is 15.8. The summed E-state index contributed by atoms with van der Waals surface area (Å²) in [5.74, 6) is 0.666. The van der Waals surface area contributed by atoms with Crippen molar-refractivity contribution in [2.24, 2.45) is 5.92 Å². The van der Waals surface area contributed by atoms with Gasteiger partial charge < -0.3 is 15.5 Å². The summed E-state index contributed by atoms with van der Waals surface area (Å²) in [6.45, 7) is 10.3. The second-order valence-electron chi connectivity index (χ2n) is 6.20. The summed E-state index contributed by atoms with van der Waals surface area (Å²) in [4.78, 5) is 27.9. The maximum absolute atomic E-state index is 12.2. The lowest BCUT2D eigenvalue weighted by Crippen LogP contribution is -2.52. The van der Waals surface area contributed by atoms with E-state index in [0.29, 0.717) is 19.0 Å². The molecule has 6 heteroatoms. The number of nitrogens with zero attached hydrogens (tertiary/aromatic N) is 2. The average molecular weight is 298 g/mol. The minimum atomic E-state index is -0.288. The fourth-order valence-electron chi connectivity index (χ4n) is 2.20. The predicted molar refractivity (Wildman–Crippen MR) is 84.0 cm³/mol. The largest absolute Gasteiger partial charge is 0.355 e. The Morgan fingerprint density at radius 2 is 1.86 bits per heavy atom. The third kappa shape index (κ3) is 6.44. The van der Waals surface area contributed by atoms with Crippen LogP contribution in [0.3, 0.4) is 0 Å². The zero-order valence-corrected chi connectivity index (χ0v) is 13.8. The number of hydrogen-bond donors (Lipinski definition) is 2. The average Bonchev–Trinajstić information content (AvgIpc) is 2.46. The van der Waals surface area contributed by atoms with E-state index in [1.807, 2.05) is 23.8 Å². The Morgan fingerprint density at radius 1 is 1.24 bits per heavy atom. The van der Waals surface area contributed by atoms with Crippen LogP contribution in [-0.4, -0.2) is 74.0 Å². The van der Waals surface area contributed by atoms with E-state index in [2.05, 4.69) is 24.5 Å². The summed E-state index contributed by atoms with van der Waals surface area (Å²) in [7, 11) is 1.83. The summed E-state index contributed by atoms with van der Waals surface area (Å²) in [5.41, 5.74) is 0. The lowest BCUT2D eigenvalue weighted by molar-refractivity contribution is -0.134. The van der Waals surface area contributed by atoms with Crippen molar-refractivity contribution in [2.45, 2.75) is 33.2 Å². The second kappa shape index (κ2) is 9.00. The molecule has 1 heterocycles. The molecular formula is C15H30N4O2. The van der Waals surface area contributed by atoms with E-state index >= 15 is 0 Å². The molecule has 0 aliphatic carbocycles. The summed E-state index contributed by atoms with van der Waals surface area (Å²) in [5, 5.41) is 6.16. The molecule has 0 radical (unpaired) electrons. The van der Waals surface area contributed by atoms with Crippen LogP contribution in [0, 0.1) is 5.92 Å². The van der Waals surface area contributed by atoms with Gasteiger partial charge in [-0.2, -0.15) is 0 Å². The van der Waals surface area contributed by atoms with E-state index in [0.717, 1.165) is 32.6 Å². The van der Waals surface area contributed by atoms with Crippen LogP contribution >= 0.6 is 0 Å². The first-order valence-corrected chi connectivity index (χ1v) is 7.88. The van der Waals surface area contributed by atoms with E-state index in [-0.39, 0.29) is 17.9 Å². The normalized spacial score (nSPS) is 17.1. The smallest absolute Gasteiger partial charge is 0.237 e. The molecule has 1 aliphatic heterocycles. The van der Waals surface area contributed by atoms with Gasteiger partial charge in [0.1, 0.15) is 0 Å². The van der Waals surface area contributed by atoms with Gasteiger partial charge in [0, 0.05) is 32.7 Å². The van der Waals surface area contributed by atoms with Gasteiger partial charge in [-0.3, -0.25) is 14.5 Å². The van der Waals surface area contributed by atoms with Gasteiger partial charge in [-0.1, -0.05) is 13.8 Å². The van der Waals surface area contributed by atoms with Gasteiger partial charge in [0.05, 0.1) is 12.6 Å². The van der Waals surface area contributed by atoms with E-state index in [9.17, 15) is 9.59 Å². The number of nitrogens with one attached hydrogen (secondary N) is 2. The number of likely N-dealkylation sites (N-methyl/N-ethyl adjacent to an activating group) is 1. The third-order valence-corrected chi connectivity index (χ3v) is 3.92. The van der Waals surface area contributed by atoms with Gasteiger partial charge in [-0.05, 0) is 26.3 Å². The van der Waals surface area contributed by atoms with Gasteiger partial charge >= 0.3 is 0 Å². The molecule has 1 saturated heterocycles. The van der Waals surface area contributed by atoms with Crippen molar-refractivity contribution >= 4 is 11.8 Å². The van der Waals surface area contributed by atoms with Crippen LogP contribution in [0.2, 0.25) is 0 Å². The SMILES string of the molecule is CC(C)CCNC(=O)C(C)N(C)CC(=O)N1CCNCC1. The number of piperazine rings is 1. The molecule has 1 atom stereocenters. The van der Waals surface area contributed by atoms with Crippen LogP contribution in [0.5, 0.6) is 0 Å². The van der Waals surface area contributed by atoms with Gasteiger partial charge in [0.15, 0.2) is 0 Å². The number of hydrogen-bond acceptors (Lipinski definition) is 4. The molecule has 2 amide bonds. The van der Waals surface area contributed by atoms with E-state index < -0.39 is 0 Å². The van der Waals surface area contributed by atoms with Crippen LogP contribution in [0.25, 0.3) is 0 Å². The Kier molecular flexibility index (Phi) is 7.67. The molecule has 1 unspecified atom stereocenters. The van der Waals surface area contributed by atoms with Gasteiger partial charge in [0.2, 0.25) is 11.8 Å². The van der Waals surface area contributed by atoms with E-state index in [4.69, 9.17) is 0 Å². The summed E-state index contributed by atoms with van der Waals surface area (Å²) < 4.78 is 0. The molecule has 1 aliphatic rings. The highest BCUT2D eigenvalue weighted by Gasteiger charge is 2.23. The molecule has 21 heavy (non-hydrogen) atoms. The minimum Gasteiger partial charge on any atom is -0.355 e. The lowest BCUT2D eigenvalue weighted by atomic mass is 10.1. The number of amides is 2. The summed E-state index contributed by atoms with van der Waals surface area (Å²) >= 11 is 0. The highest BCUT2D eigenvalue weighted by atomic mass is 16.2. The number of rotatable bonds is 7. The lowest BCUT2D eigenvalue weighted by Gasteiger charge is -2.30. The van der Waals surface area contributed by atoms with Crippen LogP contribution in [0.1, 0.15) is 27.2 Å². The van der Waals surface area contributed by atoms with Gasteiger partial charge in [0.25, 0.3) is 0 Å². The maximum atomic E-state index is 12.2. The quantitative estimate of drug-likeness (QED) is 0.689. The minimum absolute atomic E-state index is 0.00809. The molecule has 2 N–H and O–H groups in total. The van der Waals surface area contributed by atoms with Crippen molar-refractivity contribution in [3.8, 4) is 0 Å². The molecule has 0 aromatic rings. The topological polar surface area (TPSA) is 64.7 Å². The van der Waals surface area contributed by atoms with Crippen molar-refractivity contribution in [3.05, 3.63) is 0 Å². The van der Waals surface area contributed by atoms with Gasteiger partial charge in [-0.25, -0.2) is 0 Å². The molecule has 122 valence electrons. The van der Waals surface area contributed by atoms with Crippen LogP contribution in [0.15, 0.2) is 0 Å². The maximum Gasteiger partial charge on any atom is 0.237 e. The highest BCUT2D eigenvalue weighted by molar-refractivity contribution is 5.83. The Bertz CT molecular complexity index is 341. The third-order valence-electron chi connectivity index (χ3n) is 3.92. The molecule has 0 saturated carbocycles. The Hall–Kier alpha value is -1.14. The van der Waals surface area contributed by atoms with E-state index in [1.165, 1.54) is 0 Å². The van der Waals surface area contributed by atoms with Crippen LogP contribution in [-0.2, 0) is 9.59 Å². The van der Waals surface area contributed by atoms with Crippen LogP contribution in [0.4, 0.5) is 0 Å². The van der Waals surface area contributed by atoms with Gasteiger partial charge in [-0.15, -0.1) is 0 Å². The molecule has 1 rings (SSSR count). The van der Waals surface area contributed by atoms with E-state index in [1.54, 1.807) is 0 Å². The monoisotopic (exact) mass is 298 g/mol. The Labute approximate surface area is 128 Å². The first kappa shape index (κ1) is 17.9. The van der Waals surface area contributed by atoms with Crippen molar-refractivity contribution in [1.29, 1.82) is 0 Å². The van der Waals surface area contributed by atoms with Crippen molar-refractivity contribution in [2.75, 3.05) is 46.3 Å². The second-order valence-corrected chi connectivity index (χ2v) is 6.20. The first-order valence-electron chi connectivity index (χ1n) is 7.88. The zero-order valence-electron chi connectivity index (χ0n) is 13.8. The first-order chi connectivity index (χ1) is 9.91. The summed E-state index contributed by atoms with van der Waals surface area (Å²) in [6.07, 6.45) is 0.974. The fraction of sp³-hybridized carbons (Fsp3) is 0.867. The van der Waals surface area contributed by atoms with Crippen molar-refractivity contribution < 1.29 is 9.59 Å². The standard InChI is InChI=1S/C15H30N4O2/c1-12(2)5-6-17-15(21)13(3)18(4)11-14(20)19-9-7-16-8-10-19/h12-13,16H,5-11H2,1-4H3,(H,17,21). The van der Waals surface area contributed by atoms with Crippen LogP contribution < -0.4 is 10.6 Å². The number of carbonyl (C=O) groups excluding carboxylic acids is 2.